The Hall–Kier alpha value is -3.02. The van der Waals surface area contributed by atoms with Gasteiger partial charge in [-0.25, -0.2) is 4.79 Å². The van der Waals surface area contributed by atoms with E-state index in [2.05, 4.69) is 10.2 Å². The topological polar surface area (TPSA) is 67.9 Å². The van der Waals surface area contributed by atoms with Crippen LogP contribution >= 0.6 is 0 Å². The number of ether oxygens (including phenoxy) is 2. The molecule has 1 heterocycles. The van der Waals surface area contributed by atoms with Gasteiger partial charge in [-0.3, -0.25) is 4.79 Å². The van der Waals surface area contributed by atoms with Crippen molar-refractivity contribution in [2.24, 2.45) is 0 Å². The van der Waals surface area contributed by atoms with E-state index < -0.39 is 6.10 Å². The van der Waals surface area contributed by atoms with Crippen LogP contribution in [0.4, 0.5) is 5.69 Å². The van der Waals surface area contributed by atoms with E-state index in [0.29, 0.717) is 24.4 Å². The Labute approximate surface area is 146 Å². The lowest BCUT2D eigenvalue weighted by Gasteiger charge is -2.35. The van der Waals surface area contributed by atoms with E-state index in [1.165, 1.54) is 7.11 Å². The molecule has 0 bridgehead atoms. The zero-order valence-electron chi connectivity index (χ0n) is 14.2. The third kappa shape index (κ3) is 3.57. The van der Waals surface area contributed by atoms with Crippen molar-refractivity contribution >= 4 is 17.6 Å². The summed E-state index contributed by atoms with van der Waals surface area (Å²) in [6.07, 6.45) is -0.561. The molecule has 1 aliphatic rings. The fourth-order valence-electron chi connectivity index (χ4n) is 2.84. The van der Waals surface area contributed by atoms with Gasteiger partial charge in [-0.15, -0.1) is 0 Å². The number of carbonyl (C=O) groups excluding carboxylic acids is 2. The molecule has 0 unspecified atom stereocenters. The van der Waals surface area contributed by atoms with Crippen molar-refractivity contribution in [2.75, 3.05) is 25.6 Å². The Bertz CT molecular complexity index is 773. The number of likely N-dealkylation sites (N-methyl/N-ethyl adjacent to an activating group) is 1. The molecule has 0 fully saturated rings. The summed E-state index contributed by atoms with van der Waals surface area (Å²) in [6.45, 7) is 1.06. The number of nitrogens with one attached hydrogen (secondary N) is 1. The van der Waals surface area contributed by atoms with Gasteiger partial charge in [0, 0.05) is 13.6 Å². The summed E-state index contributed by atoms with van der Waals surface area (Å²) in [6, 6.07) is 14.9. The highest BCUT2D eigenvalue weighted by Gasteiger charge is 2.30. The van der Waals surface area contributed by atoms with Crippen molar-refractivity contribution in [3.63, 3.8) is 0 Å². The number of rotatable bonds is 4. The normalized spacial score (nSPS) is 15.8. The number of fused-ring (bicyclic) bond motifs is 1. The molecule has 3 rings (SSSR count). The van der Waals surface area contributed by atoms with Crippen molar-refractivity contribution in [1.29, 1.82) is 0 Å². The lowest BCUT2D eigenvalue weighted by atomic mass is 10.1. The van der Waals surface area contributed by atoms with Gasteiger partial charge in [0.25, 0.3) is 5.91 Å². The second kappa shape index (κ2) is 7.25. The number of nitrogens with zero attached hydrogens (tertiary/aromatic N) is 1. The number of hydrogen-bond acceptors (Lipinski definition) is 5. The average Bonchev–Trinajstić information content (AvgIpc) is 2.67. The minimum absolute atomic E-state index is 0.152. The van der Waals surface area contributed by atoms with Crippen LogP contribution < -0.4 is 15.0 Å². The Morgan fingerprint density at radius 3 is 2.60 bits per heavy atom. The maximum atomic E-state index is 12.0. The number of para-hydroxylation sites is 2. The lowest BCUT2D eigenvalue weighted by molar-refractivity contribution is -0.127. The van der Waals surface area contributed by atoms with E-state index in [1.54, 1.807) is 19.2 Å². The fourth-order valence-corrected chi connectivity index (χ4v) is 2.84. The Balaban J connectivity index is 1.83. The van der Waals surface area contributed by atoms with E-state index in [1.807, 2.05) is 36.4 Å². The lowest BCUT2D eigenvalue weighted by Crippen LogP contribution is -2.47. The summed E-state index contributed by atoms with van der Waals surface area (Å²) >= 11 is 0. The van der Waals surface area contributed by atoms with Crippen molar-refractivity contribution in [3.05, 3.63) is 59.7 Å². The first-order valence-corrected chi connectivity index (χ1v) is 8.02. The van der Waals surface area contributed by atoms with Gasteiger partial charge in [-0.2, -0.15) is 0 Å². The monoisotopic (exact) mass is 340 g/mol. The number of esters is 1. The third-order valence-corrected chi connectivity index (χ3v) is 4.15. The van der Waals surface area contributed by atoms with Crippen LogP contribution in [0.15, 0.2) is 48.5 Å². The number of carbonyl (C=O) groups is 2. The zero-order valence-corrected chi connectivity index (χ0v) is 14.2. The van der Waals surface area contributed by atoms with E-state index in [4.69, 9.17) is 9.47 Å². The summed E-state index contributed by atoms with van der Waals surface area (Å²) in [7, 11) is 2.96. The number of amides is 1. The highest BCUT2D eigenvalue weighted by molar-refractivity contribution is 5.89. The molecule has 0 saturated carbocycles. The minimum Gasteiger partial charge on any atom is -0.477 e. The van der Waals surface area contributed by atoms with E-state index in [9.17, 15) is 9.59 Å². The zero-order chi connectivity index (χ0) is 17.8. The van der Waals surface area contributed by atoms with Gasteiger partial charge in [0.1, 0.15) is 5.75 Å². The molecular weight excluding hydrogens is 320 g/mol. The van der Waals surface area contributed by atoms with Crippen LogP contribution in [-0.4, -0.2) is 38.7 Å². The molecule has 2 aromatic carbocycles. The van der Waals surface area contributed by atoms with Gasteiger partial charge < -0.3 is 19.7 Å². The molecule has 0 aliphatic carbocycles. The van der Waals surface area contributed by atoms with Crippen molar-refractivity contribution in [2.45, 2.75) is 12.6 Å². The van der Waals surface area contributed by atoms with E-state index in [-0.39, 0.29) is 11.9 Å². The Morgan fingerprint density at radius 1 is 1.20 bits per heavy atom. The second-order valence-corrected chi connectivity index (χ2v) is 5.76. The number of hydrogen-bond donors (Lipinski definition) is 1. The predicted molar refractivity (Wildman–Crippen MR) is 93.8 cm³/mol. The third-order valence-electron chi connectivity index (χ3n) is 4.15. The summed E-state index contributed by atoms with van der Waals surface area (Å²) in [5.41, 5.74) is 2.48. The van der Waals surface area contributed by atoms with E-state index >= 15 is 0 Å². The van der Waals surface area contributed by atoms with Crippen LogP contribution in [0.2, 0.25) is 0 Å². The fraction of sp³-hybridized carbons (Fsp3) is 0.263. The molecule has 1 aliphatic heterocycles. The first kappa shape index (κ1) is 16.8. The van der Waals surface area contributed by atoms with Gasteiger partial charge >= 0.3 is 5.97 Å². The first-order chi connectivity index (χ1) is 12.1. The summed E-state index contributed by atoms with van der Waals surface area (Å²) < 4.78 is 10.5. The number of methoxy groups -OCH3 is 1. The molecule has 0 aromatic heterocycles. The SMILES string of the molecule is CNC(=O)[C@@H]1CN(Cc2ccc(C(=O)OC)cc2)c2ccccc2O1. The standard InChI is InChI=1S/C19H20N2O4/c1-20-18(22)17-12-21(15-5-3-4-6-16(15)25-17)11-13-7-9-14(10-8-13)19(23)24-2/h3-10,17H,11-12H2,1-2H3,(H,20,22)/t17-/m0/s1. The Kier molecular flexibility index (Phi) is 4.88. The summed E-state index contributed by atoms with van der Waals surface area (Å²) in [4.78, 5) is 25.7. The van der Waals surface area contributed by atoms with Crippen molar-refractivity contribution < 1.29 is 19.1 Å². The molecule has 6 heteroatoms. The Morgan fingerprint density at radius 2 is 1.92 bits per heavy atom. The average molecular weight is 340 g/mol. The molecule has 0 saturated heterocycles. The largest absolute Gasteiger partial charge is 0.477 e. The van der Waals surface area contributed by atoms with Gasteiger partial charge in [0.15, 0.2) is 6.10 Å². The maximum absolute atomic E-state index is 12.0. The molecule has 25 heavy (non-hydrogen) atoms. The molecule has 0 radical (unpaired) electrons. The molecular formula is C19H20N2O4. The summed E-state index contributed by atoms with van der Waals surface area (Å²) in [5.74, 6) is 0.178. The molecule has 1 amide bonds. The smallest absolute Gasteiger partial charge is 0.337 e. The predicted octanol–water partition coefficient (Wildman–Crippen LogP) is 1.99. The van der Waals surface area contributed by atoms with Crippen LogP contribution in [0.5, 0.6) is 5.75 Å². The second-order valence-electron chi connectivity index (χ2n) is 5.76. The molecule has 0 spiro atoms. The van der Waals surface area contributed by atoms with Crippen LogP contribution in [-0.2, 0) is 16.1 Å². The van der Waals surface area contributed by atoms with Gasteiger partial charge in [-0.1, -0.05) is 24.3 Å². The quantitative estimate of drug-likeness (QED) is 0.862. The van der Waals surface area contributed by atoms with Crippen LogP contribution in [0.3, 0.4) is 0 Å². The van der Waals surface area contributed by atoms with Crippen LogP contribution in [0.1, 0.15) is 15.9 Å². The highest BCUT2D eigenvalue weighted by Crippen LogP contribution is 2.34. The van der Waals surface area contributed by atoms with Gasteiger partial charge in [0.05, 0.1) is 24.9 Å². The molecule has 1 N–H and O–H groups in total. The van der Waals surface area contributed by atoms with Gasteiger partial charge in [0.2, 0.25) is 0 Å². The molecule has 2 aromatic rings. The molecule has 6 nitrogen and oxygen atoms in total. The highest BCUT2D eigenvalue weighted by atomic mass is 16.5. The van der Waals surface area contributed by atoms with Crippen molar-refractivity contribution in [1.82, 2.24) is 5.32 Å². The summed E-state index contributed by atoms with van der Waals surface area (Å²) in [5, 5.41) is 2.63. The van der Waals surface area contributed by atoms with Crippen molar-refractivity contribution in [3.8, 4) is 5.75 Å². The van der Waals surface area contributed by atoms with E-state index in [0.717, 1.165) is 11.3 Å². The first-order valence-electron chi connectivity index (χ1n) is 8.02. The molecule has 130 valence electrons. The molecule has 1 atom stereocenters. The van der Waals surface area contributed by atoms with Crippen LogP contribution in [0, 0.1) is 0 Å². The minimum atomic E-state index is -0.561. The van der Waals surface area contributed by atoms with Crippen LogP contribution in [0.25, 0.3) is 0 Å². The number of benzene rings is 2. The number of anilines is 1. The van der Waals surface area contributed by atoms with Gasteiger partial charge in [-0.05, 0) is 29.8 Å². The maximum Gasteiger partial charge on any atom is 0.337 e.